The van der Waals surface area contributed by atoms with Crippen LogP contribution >= 0.6 is 0 Å². The van der Waals surface area contributed by atoms with Crippen molar-refractivity contribution in [3.63, 3.8) is 0 Å². The van der Waals surface area contributed by atoms with E-state index in [1.807, 2.05) is 0 Å². The van der Waals surface area contributed by atoms with Gasteiger partial charge < -0.3 is 4.90 Å². The van der Waals surface area contributed by atoms with E-state index in [0.717, 1.165) is 4.68 Å². The van der Waals surface area contributed by atoms with E-state index in [1.54, 1.807) is 31.9 Å². The second-order valence-corrected chi connectivity index (χ2v) is 8.76. The molecule has 1 amide bonds. The number of benzene rings is 1. The Labute approximate surface area is 198 Å². The molecule has 182 valence electrons. The van der Waals surface area contributed by atoms with Crippen molar-refractivity contribution in [1.29, 1.82) is 0 Å². The van der Waals surface area contributed by atoms with Crippen LogP contribution < -0.4 is 0 Å². The predicted octanol–water partition coefficient (Wildman–Crippen LogP) is 4.59. The third-order valence-electron chi connectivity index (χ3n) is 6.49. The Morgan fingerprint density at radius 1 is 1.14 bits per heavy atom. The summed E-state index contributed by atoms with van der Waals surface area (Å²) in [6.07, 6.45) is -3.07. The highest BCUT2D eigenvalue weighted by Gasteiger charge is 2.41. The maximum absolute atomic E-state index is 14.0. The number of hydrogen-bond acceptors (Lipinski definition) is 4. The number of hydrogen-bond donors (Lipinski definition) is 0. The largest absolute Gasteiger partial charge is 0.433 e. The Bertz CT molecular complexity index is 1490. The molecule has 1 aliphatic rings. The molecule has 0 bridgehead atoms. The average molecular weight is 486 g/mol. The summed E-state index contributed by atoms with van der Waals surface area (Å²) < 4.78 is 57.4. The standard InChI is InChI=1S/C24H22F4N6O/c1-12-9-17(16-10-14(25)5-6-19(16)30-12)23(35)34-8-7-15-20(13(34)2)31-32(3)21(15)18-11-29-33(4)22(18)24(26,27)28/h5-6,9-11,13H,7-8H2,1-4H3/t13-/m0/s1. The van der Waals surface area contributed by atoms with Crippen molar-refractivity contribution < 1.29 is 22.4 Å². The van der Waals surface area contributed by atoms with Crippen LogP contribution in [-0.4, -0.2) is 41.9 Å². The van der Waals surface area contributed by atoms with Gasteiger partial charge in [-0.25, -0.2) is 4.39 Å². The fourth-order valence-corrected chi connectivity index (χ4v) is 4.97. The first-order chi connectivity index (χ1) is 16.5. The highest BCUT2D eigenvalue weighted by molar-refractivity contribution is 6.06. The van der Waals surface area contributed by atoms with Crippen molar-refractivity contribution in [3.05, 3.63) is 64.5 Å². The van der Waals surface area contributed by atoms with Gasteiger partial charge >= 0.3 is 6.18 Å². The van der Waals surface area contributed by atoms with E-state index in [4.69, 9.17) is 0 Å². The number of aromatic nitrogens is 5. The molecule has 0 spiro atoms. The van der Waals surface area contributed by atoms with Crippen LogP contribution in [0.2, 0.25) is 0 Å². The van der Waals surface area contributed by atoms with E-state index >= 15 is 0 Å². The number of nitrogens with zero attached hydrogens (tertiary/aromatic N) is 6. The third kappa shape index (κ3) is 3.65. The number of amides is 1. The van der Waals surface area contributed by atoms with Gasteiger partial charge in [-0.2, -0.15) is 23.4 Å². The Kier molecular flexibility index (Phi) is 5.19. The van der Waals surface area contributed by atoms with Gasteiger partial charge in [0, 0.05) is 37.3 Å². The molecule has 0 fully saturated rings. The fraction of sp³-hybridized carbons (Fsp3) is 0.333. The van der Waals surface area contributed by atoms with Crippen molar-refractivity contribution in [3.8, 4) is 11.3 Å². The maximum Gasteiger partial charge on any atom is 0.433 e. The molecule has 11 heteroatoms. The van der Waals surface area contributed by atoms with Crippen LogP contribution in [-0.2, 0) is 26.7 Å². The van der Waals surface area contributed by atoms with E-state index in [0.29, 0.717) is 45.5 Å². The van der Waals surface area contributed by atoms with Crippen molar-refractivity contribution in [2.75, 3.05) is 6.54 Å². The van der Waals surface area contributed by atoms with Crippen LogP contribution in [0.5, 0.6) is 0 Å². The quantitative estimate of drug-likeness (QED) is 0.389. The molecule has 4 heterocycles. The van der Waals surface area contributed by atoms with E-state index in [9.17, 15) is 22.4 Å². The number of rotatable bonds is 2. The lowest BCUT2D eigenvalue weighted by molar-refractivity contribution is -0.143. The Morgan fingerprint density at radius 3 is 2.60 bits per heavy atom. The summed E-state index contributed by atoms with van der Waals surface area (Å²) in [4.78, 5) is 19.6. The second kappa shape index (κ2) is 7.89. The normalized spacial score (nSPS) is 16.1. The summed E-state index contributed by atoms with van der Waals surface area (Å²) in [7, 11) is 2.84. The fourth-order valence-electron chi connectivity index (χ4n) is 4.97. The number of alkyl halides is 3. The van der Waals surface area contributed by atoms with Gasteiger partial charge in [-0.3, -0.25) is 19.1 Å². The van der Waals surface area contributed by atoms with Crippen LogP contribution in [0.25, 0.3) is 22.2 Å². The Balaban J connectivity index is 1.57. The Morgan fingerprint density at radius 2 is 1.89 bits per heavy atom. The number of aryl methyl sites for hydroxylation is 3. The van der Waals surface area contributed by atoms with Crippen molar-refractivity contribution in [1.82, 2.24) is 29.4 Å². The molecular weight excluding hydrogens is 464 g/mol. The van der Waals surface area contributed by atoms with E-state index in [2.05, 4.69) is 15.2 Å². The molecular formula is C24H22F4N6O. The summed E-state index contributed by atoms with van der Waals surface area (Å²) in [6.45, 7) is 3.82. The van der Waals surface area contributed by atoms with Gasteiger partial charge in [0.05, 0.1) is 40.3 Å². The Hall–Kier alpha value is -3.76. The zero-order valence-corrected chi connectivity index (χ0v) is 19.5. The van der Waals surface area contributed by atoms with Crippen LogP contribution in [0, 0.1) is 12.7 Å². The van der Waals surface area contributed by atoms with E-state index in [-0.39, 0.29) is 18.0 Å². The highest BCUT2D eigenvalue weighted by atomic mass is 19.4. The van der Waals surface area contributed by atoms with Gasteiger partial charge in [-0.15, -0.1) is 0 Å². The summed E-state index contributed by atoms with van der Waals surface area (Å²) in [5.74, 6) is -0.786. The van der Waals surface area contributed by atoms with Crippen molar-refractivity contribution in [2.45, 2.75) is 32.5 Å². The third-order valence-corrected chi connectivity index (χ3v) is 6.49. The number of carbonyl (C=O) groups is 1. The number of pyridine rings is 1. The highest BCUT2D eigenvalue weighted by Crippen LogP contribution is 2.41. The van der Waals surface area contributed by atoms with Crippen LogP contribution in [0.4, 0.5) is 17.6 Å². The maximum atomic E-state index is 14.0. The molecule has 0 aliphatic carbocycles. The molecule has 5 rings (SSSR count). The van der Waals surface area contributed by atoms with E-state index in [1.165, 1.54) is 36.1 Å². The van der Waals surface area contributed by atoms with E-state index < -0.39 is 23.7 Å². The molecule has 0 radical (unpaired) electrons. The van der Waals surface area contributed by atoms with Crippen LogP contribution in [0.3, 0.4) is 0 Å². The molecule has 1 aromatic carbocycles. The number of halogens is 4. The lowest BCUT2D eigenvalue weighted by Gasteiger charge is -2.33. The molecule has 1 atom stereocenters. The SMILES string of the molecule is Cc1cc(C(=O)N2CCc3c(nn(C)c3-c3cnn(C)c3C(F)(F)F)[C@@H]2C)c2cc(F)ccc2n1. The van der Waals surface area contributed by atoms with Gasteiger partial charge in [0.25, 0.3) is 5.91 Å². The van der Waals surface area contributed by atoms with Crippen LogP contribution in [0.15, 0.2) is 30.5 Å². The minimum Gasteiger partial charge on any atom is -0.330 e. The van der Waals surface area contributed by atoms with Crippen molar-refractivity contribution >= 4 is 16.8 Å². The molecule has 7 nitrogen and oxygen atoms in total. The minimum absolute atomic E-state index is 0.0468. The topological polar surface area (TPSA) is 68.8 Å². The van der Waals surface area contributed by atoms with Gasteiger partial charge in [0.2, 0.25) is 0 Å². The first-order valence-electron chi connectivity index (χ1n) is 11.0. The molecule has 35 heavy (non-hydrogen) atoms. The molecule has 0 saturated heterocycles. The lowest BCUT2D eigenvalue weighted by Crippen LogP contribution is -2.39. The molecule has 0 N–H and O–H groups in total. The molecule has 1 aliphatic heterocycles. The average Bonchev–Trinajstić information content (AvgIpc) is 3.32. The minimum atomic E-state index is -4.59. The number of fused-ring (bicyclic) bond motifs is 2. The summed E-state index contributed by atoms with van der Waals surface area (Å²) in [5.41, 5.74) is 2.08. The predicted molar refractivity (Wildman–Crippen MR) is 120 cm³/mol. The first kappa shape index (κ1) is 23.0. The lowest BCUT2D eigenvalue weighted by atomic mass is 9.94. The van der Waals surface area contributed by atoms with Gasteiger partial charge in [0.1, 0.15) is 5.82 Å². The van der Waals surface area contributed by atoms with Crippen molar-refractivity contribution in [2.24, 2.45) is 14.1 Å². The zero-order valence-electron chi connectivity index (χ0n) is 19.5. The van der Waals surface area contributed by atoms with Gasteiger partial charge in [-0.05, 0) is 44.5 Å². The zero-order chi connectivity index (χ0) is 25.2. The summed E-state index contributed by atoms with van der Waals surface area (Å²) >= 11 is 0. The first-order valence-corrected chi connectivity index (χ1v) is 11.0. The molecule has 4 aromatic rings. The molecule has 0 saturated carbocycles. The smallest absolute Gasteiger partial charge is 0.330 e. The second-order valence-electron chi connectivity index (χ2n) is 8.76. The van der Waals surface area contributed by atoms with Gasteiger partial charge in [0.15, 0.2) is 5.69 Å². The van der Waals surface area contributed by atoms with Gasteiger partial charge in [-0.1, -0.05) is 0 Å². The van der Waals surface area contributed by atoms with Crippen LogP contribution in [0.1, 0.15) is 46.0 Å². The molecule has 3 aromatic heterocycles. The number of carbonyl (C=O) groups excluding carboxylic acids is 1. The monoisotopic (exact) mass is 486 g/mol. The summed E-state index contributed by atoms with van der Waals surface area (Å²) in [5, 5.41) is 8.74. The summed E-state index contributed by atoms with van der Waals surface area (Å²) in [6, 6.07) is 5.23. The molecule has 0 unspecified atom stereocenters.